The number of anilines is 1. The molecule has 0 aromatic carbocycles. The quantitative estimate of drug-likeness (QED) is 0.682. The highest BCUT2D eigenvalue weighted by molar-refractivity contribution is 6.58. The first-order chi connectivity index (χ1) is 10.2. The van der Waals surface area contributed by atoms with Crippen molar-refractivity contribution in [1.29, 1.82) is 0 Å². The first-order valence-electron chi connectivity index (χ1n) is 7.64. The highest BCUT2D eigenvalue weighted by atomic mass is 16.5. The van der Waals surface area contributed by atoms with Crippen LogP contribution in [0.3, 0.4) is 0 Å². The van der Waals surface area contributed by atoms with E-state index in [0.717, 1.165) is 32.1 Å². The van der Waals surface area contributed by atoms with Gasteiger partial charge in [-0.25, -0.2) is 4.98 Å². The molecule has 0 amide bonds. The van der Waals surface area contributed by atoms with Crippen LogP contribution in [0.25, 0.3) is 0 Å². The molecular weight excluding hydrogens is 269 g/mol. The lowest BCUT2D eigenvalue weighted by atomic mass is 9.82. The van der Waals surface area contributed by atoms with Crippen LogP contribution in [0.2, 0.25) is 0 Å². The van der Waals surface area contributed by atoms with Gasteiger partial charge in [0.05, 0.1) is 19.3 Å². The third kappa shape index (κ3) is 2.34. The molecule has 3 saturated heterocycles. The van der Waals surface area contributed by atoms with Crippen LogP contribution in [-0.2, 0) is 4.74 Å². The summed E-state index contributed by atoms with van der Waals surface area (Å²) in [6, 6.07) is 5.44. The smallest absolute Gasteiger partial charge is 0.423 e. The molecule has 3 aliphatic heterocycles. The minimum atomic E-state index is -1.45. The molecule has 0 radical (unpaired) electrons. The number of pyridine rings is 1. The van der Waals surface area contributed by atoms with Crippen molar-refractivity contribution in [3.05, 3.63) is 18.3 Å². The fourth-order valence-corrected chi connectivity index (χ4v) is 3.85. The minimum absolute atomic E-state index is 0.437. The van der Waals surface area contributed by atoms with Crippen LogP contribution in [0.4, 0.5) is 5.82 Å². The summed E-state index contributed by atoms with van der Waals surface area (Å²) in [5.74, 6) is 0.931. The second-order valence-corrected chi connectivity index (χ2v) is 6.25. The van der Waals surface area contributed by atoms with Gasteiger partial charge in [0.1, 0.15) is 5.82 Å². The Morgan fingerprint density at radius 2 is 1.81 bits per heavy atom. The van der Waals surface area contributed by atoms with Gasteiger partial charge in [-0.3, -0.25) is 4.90 Å². The Balaban J connectivity index is 1.48. The van der Waals surface area contributed by atoms with Crippen molar-refractivity contribution in [2.75, 3.05) is 31.2 Å². The Morgan fingerprint density at radius 3 is 2.29 bits per heavy atom. The summed E-state index contributed by atoms with van der Waals surface area (Å²) in [4.78, 5) is 9.37. The molecule has 1 aromatic heterocycles. The zero-order chi connectivity index (χ0) is 14.4. The van der Waals surface area contributed by atoms with Crippen LogP contribution in [0.1, 0.15) is 12.8 Å². The van der Waals surface area contributed by atoms with Gasteiger partial charge in [0, 0.05) is 36.8 Å². The largest absolute Gasteiger partial charge is 0.490 e. The van der Waals surface area contributed by atoms with Gasteiger partial charge in [0.25, 0.3) is 0 Å². The number of fused-ring (bicyclic) bond motifs is 2. The highest BCUT2D eigenvalue weighted by Crippen LogP contribution is 2.35. The number of aromatic nitrogens is 1. The van der Waals surface area contributed by atoms with Crippen LogP contribution in [0.5, 0.6) is 0 Å². The number of piperazine rings is 1. The SMILES string of the molecule is OB(O)c1ccc(N2CC3CCC(C2)N3C2COC2)nc1. The van der Waals surface area contributed by atoms with Crippen LogP contribution < -0.4 is 10.4 Å². The molecule has 2 atom stereocenters. The van der Waals surface area contributed by atoms with Gasteiger partial charge >= 0.3 is 7.12 Å². The fraction of sp³-hybridized carbons (Fsp3) is 0.643. The van der Waals surface area contributed by atoms with E-state index in [1.54, 1.807) is 12.3 Å². The van der Waals surface area contributed by atoms with Gasteiger partial charge in [-0.2, -0.15) is 0 Å². The summed E-state index contributed by atoms with van der Waals surface area (Å²) in [6.45, 7) is 3.77. The standard InChI is InChI=1S/C14H20BN3O3/c19-15(20)10-1-4-14(16-5-10)17-6-11-2-3-12(7-17)18(11)13-8-21-9-13/h1,4-5,11-13,19-20H,2-3,6-9H2. The number of ether oxygens (including phenoxy) is 1. The Bertz CT molecular complexity index is 495. The molecule has 7 heteroatoms. The highest BCUT2D eigenvalue weighted by Gasteiger charge is 2.45. The molecule has 0 aliphatic carbocycles. The summed E-state index contributed by atoms with van der Waals surface area (Å²) in [7, 11) is -1.45. The first-order valence-corrected chi connectivity index (χ1v) is 7.64. The molecule has 0 saturated carbocycles. The molecule has 2 unspecified atom stereocenters. The molecule has 3 fully saturated rings. The fourth-order valence-electron chi connectivity index (χ4n) is 3.85. The third-order valence-electron chi connectivity index (χ3n) is 4.97. The van der Waals surface area contributed by atoms with Gasteiger partial charge in [0.15, 0.2) is 0 Å². The van der Waals surface area contributed by atoms with Crippen molar-refractivity contribution in [2.45, 2.75) is 31.0 Å². The number of hydrogen-bond donors (Lipinski definition) is 2. The second-order valence-electron chi connectivity index (χ2n) is 6.25. The maximum atomic E-state index is 9.13. The van der Waals surface area contributed by atoms with E-state index in [2.05, 4.69) is 14.8 Å². The Labute approximate surface area is 124 Å². The lowest BCUT2D eigenvalue weighted by molar-refractivity contribution is -0.0850. The lowest BCUT2D eigenvalue weighted by Gasteiger charge is -2.48. The monoisotopic (exact) mass is 289 g/mol. The maximum absolute atomic E-state index is 9.13. The van der Waals surface area contributed by atoms with E-state index >= 15 is 0 Å². The van der Waals surface area contributed by atoms with Crippen LogP contribution in [0.15, 0.2) is 18.3 Å². The molecular formula is C14H20BN3O3. The molecule has 112 valence electrons. The molecule has 2 N–H and O–H groups in total. The number of rotatable bonds is 3. The predicted octanol–water partition coefficient (Wildman–Crippen LogP) is -1.19. The van der Waals surface area contributed by atoms with Gasteiger partial charge < -0.3 is 19.7 Å². The molecule has 0 spiro atoms. The Hall–Kier alpha value is -1.15. The van der Waals surface area contributed by atoms with Gasteiger partial charge in [0.2, 0.25) is 0 Å². The summed E-state index contributed by atoms with van der Waals surface area (Å²) < 4.78 is 5.34. The third-order valence-corrected chi connectivity index (χ3v) is 4.97. The molecule has 6 nitrogen and oxygen atoms in total. The van der Waals surface area contributed by atoms with E-state index in [4.69, 9.17) is 14.8 Å². The first kappa shape index (κ1) is 13.5. The van der Waals surface area contributed by atoms with E-state index in [1.165, 1.54) is 12.8 Å². The van der Waals surface area contributed by atoms with Crippen LogP contribution in [0, 0.1) is 0 Å². The van der Waals surface area contributed by atoms with Crippen molar-refractivity contribution in [1.82, 2.24) is 9.88 Å². The summed E-state index contributed by atoms with van der Waals surface area (Å²) in [6.07, 6.45) is 4.06. The van der Waals surface area contributed by atoms with E-state index in [9.17, 15) is 0 Å². The van der Waals surface area contributed by atoms with E-state index in [-0.39, 0.29) is 0 Å². The van der Waals surface area contributed by atoms with E-state index in [1.807, 2.05) is 6.07 Å². The van der Waals surface area contributed by atoms with Crippen LogP contribution in [-0.4, -0.2) is 71.5 Å². The lowest BCUT2D eigenvalue weighted by Crippen LogP contribution is -2.62. The van der Waals surface area contributed by atoms with Crippen molar-refractivity contribution < 1.29 is 14.8 Å². The Kier molecular flexibility index (Phi) is 3.37. The van der Waals surface area contributed by atoms with Crippen molar-refractivity contribution in [3.8, 4) is 0 Å². The van der Waals surface area contributed by atoms with Gasteiger partial charge in [-0.15, -0.1) is 0 Å². The molecule has 4 rings (SSSR count). The zero-order valence-electron chi connectivity index (χ0n) is 11.9. The molecule has 3 aliphatic rings. The van der Waals surface area contributed by atoms with Crippen LogP contribution >= 0.6 is 0 Å². The topological polar surface area (TPSA) is 69.1 Å². The molecule has 2 bridgehead atoms. The summed E-state index contributed by atoms with van der Waals surface area (Å²) in [5, 5.41) is 18.3. The van der Waals surface area contributed by atoms with Gasteiger partial charge in [-0.1, -0.05) is 6.07 Å². The number of nitrogens with zero attached hydrogens (tertiary/aromatic N) is 3. The normalized spacial score (nSPS) is 29.5. The second kappa shape index (κ2) is 5.24. The predicted molar refractivity (Wildman–Crippen MR) is 79.5 cm³/mol. The summed E-state index contributed by atoms with van der Waals surface area (Å²) >= 11 is 0. The van der Waals surface area contributed by atoms with Crippen molar-refractivity contribution >= 4 is 18.4 Å². The minimum Gasteiger partial charge on any atom is -0.423 e. The van der Waals surface area contributed by atoms with Crippen molar-refractivity contribution in [3.63, 3.8) is 0 Å². The molecule has 1 aromatic rings. The van der Waals surface area contributed by atoms with E-state index in [0.29, 0.717) is 23.6 Å². The van der Waals surface area contributed by atoms with E-state index < -0.39 is 7.12 Å². The van der Waals surface area contributed by atoms with Gasteiger partial charge in [-0.05, 0) is 18.9 Å². The average Bonchev–Trinajstić information content (AvgIpc) is 2.69. The molecule has 4 heterocycles. The zero-order valence-corrected chi connectivity index (χ0v) is 11.9. The maximum Gasteiger partial charge on any atom is 0.490 e. The average molecular weight is 289 g/mol. The van der Waals surface area contributed by atoms with Crippen molar-refractivity contribution in [2.24, 2.45) is 0 Å². The molecule has 21 heavy (non-hydrogen) atoms. The Morgan fingerprint density at radius 1 is 1.10 bits per heavy atom. The number of hydrogen-bond acceptors (Lipinski definition) is 6. The summed E-state index contributed by atoms with van der Waals surface area (Å²) in [5.41, 5.74) is 0.437.